The van der Waals surface area contributed by atoms with Crippen molar-refractivity contribution < 1.29 is 74.0 Å². The maximum atomic E-state index is 10.7. The molecule has 0 radical (unpaired) electrons. The monoisotopic (exact) mass is 486 g/mol. The van der Waals surface area contributed by atoms with Crippen molar-refractivity contribution in [2.24, 2.45) is 0 Å². The molecule has 0 atom stereocenters. The fourth-order valence-corrected chi connectivity index (χ4v) is 1.77. The molecule has 0 aromatic heterocycles. The van der Waals surface area contributed by atoms with Crippen LogP contribution in [0, 0.1) is 0 Å². The molecule has 15 heteroatoms. The number of hydrogen-bond donors (Lipinski definition) is 0. The standard InChI is InChI=1S/2C5H10.2CHF3O3S.Ti/c2*1-2-4-5-3-1;2*2-1(3,4)8(5,6)7;/h2*1-5H2;2*(H,5,6,7);/q;;;;+2/p-2. The van der Waals surface area contributed by atoms with Gasteiger partial charge < -0.3 is 9.11 Å². The van der Waals surface area contributed by atoms with Crippen LogP contribution in [0.5, 0.6) is 0 Å². The largest absolute Gasteiger partial charge is 2.00 e. The van der Waals surface area contributed by atoms with Gasteiger partial charge >= 0.3 is 32.7 Å². The van der Waals surface area contributed by atoms with Gasteiger partial charge in [0.05, 0.1) is 0 Å². The van der Waals surface area contributed by atoms with E-state index >= 15 is 0 Å². The summed E-state index contributed by atoms with van der Waals surface area (Å²) in [7, 11) is -12.2. The summed E-state index contributed by atoms with van der Waals surface area (Å²) in [5.41, 5.74) is -11.3. The number of alkyl halides is 6. The molecule has 2 aliphatic carbocycles. The predicted molar refractivity (Wildman–Crippen MR) is 77.7 cm³/mol. The first kappa shape index (κ1) is 31.8. The van der Waals surface area contributed by atoms with Gasteiger partial charge in [0.15, 0.2) is 20.2 Å². The van der Waals surface area contributed by atoms with Crippen molar-refractivity contribution in [3.05, 3.63) is 0 Å². The van der Waals surface area contributed by atoms with Crippen molar-refractivity contribution in [3.63, 3.8) is 0 Å². The van der Waals surface area contributed by atoms with E-state index < -0.39 is 31.3 Å². The van der Waals surface area contributed by atoms with Crippen LogP contribution in [0.1, 0.15) is 64.2 Å². The summed E-state index contributed by atoms with van der Waals surface area (Å²) in [6.07, 6.45) is 15.0. The zero-order chi connectivity index (χ0) is 21.1. The van der Waals surface area contributed by atoms with Gasteiger partial charge in [-0.2, -0.15) is 26.3 Å². The van der Waals surface area contributed by atoms with E-state index in [0.29, 0.717) is 0 Å². The molecule has 27 heavy (non-hydrogen) atoms. The summed E-state index contributed by atoms with van der Waals surface area (Å²) >= 11 is 0. The van der Waals surface area contributed by atoms with E-state index in [-0.39, 0.29) is 21.7 Å². The molecule has 0 aromatic rings. The van der Waals surface area contributed by atoms with E-state index in [9.17, 15) is 26.3 Å². The van der Waals surface area contributed by atoms with Gasteiger partial charge in [-0.15, -0.1) is 0 Å². The minimum Gasteiger partial charge on any atom is -0.741 e. The van der Waals surface area contributed by atoms with E-state index in [0.717, 1.165) is 0 Å². The summed E-state index contributed by atoms with van der Waals surface area (Å²) in [6, 6.07) is 0. The van der Waals surface area contributed by atoms with Crippen LogP contribution in [0.25, 0.3) is 0 Å². The second-order valence-electron chi connectivity index (χ2n) is 5.34. The Labute approximate surface area is 169 Å². The van der Waals surface area contributed by atoms with Gasteiger partial charge in [-0.1, -0.05) is 64.2 Å². The van der Waals surface area contributed by atoms with Crippen molar-refractivity contribution in [3.8, 4) is 0 Å². The van der Waals surface area contributed by atoms with Crippen molar-refractivity contribution in [1.29, 1.82) is 0 Å². The third kappa shape index (κ3) is 19.2. The van der Waals surface area contributed by atoms with E-state index in [2.05, 4.69) is 0 Å². The summed E-state index contributed by atoms with van der Waals surface area (Å²) in [4.78, 5) is 0. The Morgan fingerprint density at radius 3 is 0.593 bits per heavy atom. The first-order valence-electron chi connectivity index (χ1n) is 7.54. The van der Waals surface area contributed by atoms with Crippen LogP contribution in [-0.4, -0.2) is 37.0 Å². The molecule has 0 N–H and O–H groups in total. The second-order valence-corrected chi connectivity index (χ2v) is 8.08. The number of rotatable bonds is 0. The third-order valence-electron chi connectivity index (χ3n) is 3.07. The third-order valence-corrected chi connectivity index (χ3v) is 4.20. The van der Waals surface area contributed by atoms with Crippen LogP contribution in [0.4, 0.5) is 26.3 Å². The maximum absolute atomic E-state index is 10.7. The summed E-state index contributed by atoms with van der Waals surface area (Å²) in [5.74, 6) is 0. The molecule has 0 amide bonds. The fraction of sp³-hybridized carbons (Fsp3) is 1.00. The zero-order valence-electron chi connectivity index (χ0n) is 14.1. The molecule has 0 saturated heterocycles. The van der Waals surface area contributed by atoms with Gasteiger partial charge in [-0.25, -0.2) is 16.8 Å². The first-order chi connectivity index (χ1) is 11.5. The van der Waals surface area contributed by atoms with Gasteiger partial charge in [0.25, 0.3) is 0 Å². The Kier molecular flexibility index (Phi) is 16.7. The van der Waals surface area contributed by atoms with Gasteiger partial charge in [0, 0.05) is 0 Å². The fourth-order valence-electron chi connectivity index (χ4n) is 1.77. The predicted octanol–water partition coefficient (Wildman–Crippen LogP) is 4.00. The molecule has 2 fully saturated rings. The SMILES string of the molecule is C1CCCC1.C1CCCC1.O=S(=O)([O-])C(F)(F)F.O=S(=O)([O-])C(F)(F)F.[Ti+2]. The van der Waals surface area contributed by atoms with Gasteiger partial charge in [-0.05, 0) is 0 Å². The Morgan fingerprint density at radius 1 is 0.481 bits per heavy atom. The van der Waals surface area contributed by atoms with Gasteiger partial charge in [0.1, 0.15) is 0 Å². The average molecular weight is 486 g/mol. The Hall–Kier alpha value is 0.114. The smallest absolute Gasteiger partial charge is 0.741 e. The first-order valence-corrected chi connectivity index (χ1v) is 10.4. The maximum Gasteiger partial charge on any atom is 2.00 e. The topological polar surface area (TPSA) is 114 Å². The number of hydrogen-bond acceptors (Lipinski definition) is 6. The molecular weight excluding hydrogens is 466 g/mol. The van der Waals surface area contributed by atoms with Crippen LogP contribution in [0.15, 0.2) is 0 Å². The average Bonchev–Trinajstić information content (AvgIpc) is 3.15. The van der Waals surface area contributed by atoms with Crippen LogP contribution in [0.3, 0.4) is 0 Å². The van der Waals surface area contributed by atoms with E-state index in [1.165, 1.54) is 64.2 Å². The number of halogens is 6. The molecule has 2 saturated carbocycles. The van der Waals surface area contributed by atoms with E-state index in [4.69, 9.17) is 25.9 Å². The molecule has 162 valence electrons. The normalized spacial score (nSPS) is 17.2. The van der Waals surface area contributed by atoms with Crippen LogP contribution < -0.4 is 0 Å². The molecule has 0 aromatic carbocycles. The molecule has 0 spiro atoms. The molecule has 6 nitrogen and oxygen atoms in total. The molecule has 0 unspecified atom stereocenters. The van der Waals surface area contributed by atoms with Crippen LogP contribution in [-0.2, 0) is 42.0 Å². The molecular formula is C12H20F6O6S2Ti. The Morgan fingerprint density at radius 2 is 0.556 bits per heavy atom. The van der Waals surface area contributed by atoms with Crippen molar-refractivity contribution >= 4 is 20.2 Å². The summed E-state index contributed by atoms with van der Waals surface area (Å²) in [5, 5.41) is 0. The van der Waals surface area contributed by atoms with Gasteiger partial charge in [-0.3, -0.25) is 0 Å². The van der Waals surface area contributed by atoms with Crippen molar-refractivity contribution in [2.45, 2.75) is 75.2 Å². The quantitative estimate of drug-likeness (QED) is 0.221. The van der Waals surface area contributed by atoms with Crippen LogP contribution >= 0.6 is 0 Å². The minimum absolute atomic E-state index is 0. The van der Waals surface area contributed by atoms with Crippen molar-refractivity contribution in [1.82, 2.24) is 0 Å². The Balaban J connectivity index is -0.000000286. The Bertz CT molecular complexity index is 499. The summed E-state index contributed by atoms with van der Waals surface area (Å²) in [6.45, 7) is 0. The molecule has 2 rings (SSSR count). The molecule has 0 aliphatic heterocycles. The second kappa shape index (κ2) is 14.2. The van der Waals surface area contributed by atoms with Gasteiger partial charge in [0.2, 0.25) is 0 Å². The van der Waals surface area contributed by atoms with E-state index in [1.54, 1.807) is 0 Å². The van der Waals surface area contributed by atoms with Crippen LogP contribution in [0.2, 0.25) is 0 Å². The van der Waals surface area contributed by atoms with Crippen molar-refractivity contribution in [2.75, 3.05) is 0 Å². The zero-order valence-corrected chi connectivity index (χ0v) is 17.3. The molecule has 0 heterocycles. The minimum atomic E-state index is -6.09. The van der Waals surface area contributed by atoms with E-state index in [1.807, 2.05) is 0 Å². The molecule has 0 bridgehead atoms. The molecule has 2 aliphatic rings. The summed E-state index contributed by atoms with van der Waals surface area (Å²) < 4.78 is 118.